The molecule has 0 spiro atoms. The standard InChI is InChI=1S/C32H58N2O3/c1-5-9-11-13-15-17-19-21-27-33(7-3)31-35-29-23-25-30(26-24-29)36-32(37-31)34(8-4)28-22-20-18-16-14-12-10-6-2/h23-26,31-32H,5-22,27-28H2,1-4H3. The van der Waals surface area contributed by atoms with Crippen LogP contribution in [0, 0.1) is 0 Å². The molecule has 2 bridgehead atoms. The van der Waals surface area contributed by atoms with Crippen molar-refractivity contribution in [2.45, 2.75) is 143 Å². The van der Waals surface area contributed by atoms with E-state index < -0.39 is 12.8 Å². The van der Waals surface area contributed by atoms with E-state index in [9.17, 15) is 0 Å². The van der Waals surface area contributed by atoms with Crippen LogP contribution < -0.4 is 9.47 Å². The fourth-order valence-corrected chi connectivity index (χ4v) is 5.03. The average molecular weight is 519 g/mol. The first-order valence-corrected chi connectivity index (χ1v) is 15.8. The Balaban J connectivity index is 1.87. The van der Waals surface area contributed by atoms with Gasteiger partial charge in [-0.2, -0.15) is 0 Å². The first kappa shape index (κ1) is 31.9. The van der Waals surface area contributed by atoms with Gasteiger partial charge >= 0.3 is 0 Å². The van der Waals surface area contributed by atoms with Gasteiger partial charge in [0.15, 0.2) is 0 Å². The zero-order valence-electron chi connectivity index (χ0n) is 24.7. The molecule has 2 heterocycles. The highest BCUT2D eigenvalue weighted by molar-refractivity contribution is 5.31. The maximum absolute atomic E-state index is 6.59. The number of benzene rings is 1. The van der Waals surface area contributed by atoms with Gasteiger partial charge in [-0.3, -0.25) is 4.74 Å². The molecule has 1 aromatic carbocycles. The van der Waals surface area contributed by atoms with E-state index in [1.807, 2.05) is 24.3 Å². The van der Waals surface area contributed by atoms with E-state index in [1.54, 1.807) is 0 Å². The third kappa shape index (κ3) is 13.4. The van der Waals surface area contributed by atoms with Crippen LogP contribution in [0.25, 0.3) is 0 Å². The average Bonchev–Trinajstić information content (AvgIpc) is 3.06. The minimum atomic E-state index is -0.450. The van der Waals surface area contributed by atoms with Crippen molar-refractivity contribution < 1.29 is 14.2 Å². The van der Waals surface area contributed by atoms with Gasteiger partial charge in [0.05, 0.1) is 0 Å². The summed E-state index contributed by atoms with van der Waals surface area (Å²) in [6.07, 6.45) is 20.2. The Bertz CT molecular complexity index is 599. The van der Waals surface area contributed by atoms with Gasteiger partial charge in [0.1, 0.15) is 11.5 Å². The lowest BCUT2D eigenvalue weighted by atomic mass is 10.1. The molecule has 2 atom stereocenters. The van der Waals surface area contributed by atoms with Gasteiger partial charge in [-0.1, -0.05) is 118 Å². The van der Waals surface area contributed by atoms with E-state index in [-0.39, 0.29) is 0 Å². The number of hydrogen-bond donors (Lipinski definition) is 0. The lowest BCUT2D eigenvalue weighted by molar-refractivity contribution is -0.285. The minimum Gasteiger partial charge on any atom is -0.451 e. The van der Waals surface area contributed by atoms with Gasteiger partial charge in [-0.15, -0.1) is 0 Å². The van der Waals surface area contributed by atoms with Crippen molar-refractivity contribution in [1.82, 2.24) is 9.80 Å². The Morgan fingerprint density at radius 1 is 0.486 bits per heavy atom. The maximum atomic E-state index is 6.59. The van der Waals surface area contributed by atoms with E-state index in [1.165, 1.54) is 103 Å². The zero-order chi connectivity index (χ0) is 26.6. The molecule has 37 heavy (non-hydrogen) atoms. The van der Waals surface area contributed by atoms with Crippen LogP contribution in [-0.2, 0) is 4.74 Å². The van der Waals surface area contributed by atoms with Crippen LogP contribution in [0.1, 0.15) is 130 Å². The van der Waals surface area contributed by atoms with Crippen molar-refractivity contribution in [1.29, 1.82) is 0 Å². The van der Waals surface area contributed by atoms with Crippen LogP contribution >= 0.6 is 0 Å². The molecular weight excluding hydrogens is 460 g/mol. The van der Waals surface area contributed by atoms with Crippen molar-refractivity contribution in [3.05, 3.63) is 24.3 Å². The van der Waals surface area contributed by atoms with Gasteiger partial charge in [-0.25, -0.2) is 9.80 Å². The lowest BCUT2D eigenvalue weighted by Gasteiger charge is -2.36. The molecule has 0 N–H and O–H groups in total. The summed E-state index contributed by atoms with van der Waals surface area (Å²) in [6, 6.07) is 7.97. The maximum Gasteiger partial charge on any atom is 0.266 e. The van der Waals surface area contributed by atoms with Gasteiger partial charge in [-0.05, 0) is 37.1 Å². The predicted octanol–water partition coefficient (Wildman–Crippen LogP) is 8.97. The van der Waals surface area contributed by atoms with E-state index >= 15 is 0 Å². The molecular formula is C32H58N2O3. The molecule has 5 nitrogen and oxygen atoms in total. The SMILES string of the molecule is CCCCCCCCCCN(CC)C1Oc2ccc(cc2)OC(N(CC)CCCCCCCCCC)O1. The first-order valence-electron chi connectivity index (χ1n) is 15.8. The normalized spacial score (nSPS) is 17.5. The molecule has 0 saturated heterocycles. The summed E-state index contributed by atoms with van der Waals surface area (Å²) in [7, 11) is 0. The van der Waals surface area contributed by atoms with E-state index in [4.69, 9.17) is 14.2 Å². The van der Waals surface area contributed by atoms with Crippen LogP contribution in [-0.4, -0.2) is 48.8 Å². The zero-order valence-corrected chi connectivity index (χ0v) is 24.7. The van der Waals surface area contributed by atoms with E-state index in [0.717, 1.165) is 37.7 Å². The first-order chi connectivity index (χ1) is 18.2. The smallest absolute Gasteiger partial charge is 0.266 e. The molecule has 2 unspecified atom stereocenters. The Morgan fingerprint density at radius 2 is 0.811 bits per heavy atom. The highest BCUT2D eigenvalue weighted by atomic mass is 16.8. The number of unbranched alkanes of at least 4 members (excludes halogenated alkanes) is 14. The summed E-state index contributed by atoms with van der Waals surface area (Å²) in [6.45, 7) is 12.7. The highest BCUT2D eigenvalue weighted by Gasteiger charge is 2.30. The molecule has 0 aliphatic carbocycles. The van der Waals surface area contributed by atoms with Crippen LogP contribution in [0.2, 0.25) is 0 Å². The summed E-state index contributed by atoms with van der Waals surface area (Å²) in [5, 5.41) is 0. The van der Waals surface area contributed by atoms with Gasteiger partial charge < -0.3 is 9.47 Å². The Hall–Kier alpha value is -1.30. The third-order valence-electron chi connectivity index (χ3n) is 7.54. The summed E-state index contributed by atoms with van der Waals surface area (Å²) >= 11 is 0. The molecule has 0 radical (unpaired) electrons. The molecule has 0 aromatic heterocycles. The Kier molecular flexibility index (Phi) is 17.8. The lowest BCUT2D eigenvalue weighted by Crippen LogP contribution is -2.50. The molecule has 0 saturated carbocycles. The number of ether oxygens (including phenoxy) is 3. The molecule has 0 amide bonds. The number of hydrogen-bond acceptors (Lipinski definition) is 5. The third-order valence-corrected chi connectivity index (χ3v) is 7.54. The van der Waals surface area contributed by atoms with Gasteiger partial charge in [0, 0.05) is 26.2 Å². The van der Waals surface area contributed by atoms with Gasteiger partial charge in [0.25, 0.3) is 12.8 Å². The van der Waals surface area contributed by atoms with Crippen molar-refractivity contribution in [2.75, 3.05) is 26.2 Å². The summed E-state index contributed by atoms with van der Waals surface area (Å²) < 4.78 is 19.3. The fraction of sp³-hybridized carbons (Fsp3) is 0.812. The van der Waals surface area contributed by atoms with Crippen molar-refractivity contribution in [2.24, 2.45) is 0 Å². The second-order valence-electron chi connectivity index (χ2n) is 10.7. The van der Waals surface area contributed by atoms with E-state index in [0.29, 0.717) is 0 Å². The molecule has 5 heteroatoms. The summed E-state index contributed by atoms with van der Waals surface area (Å²) in [5.41, 5.74) is 0. The second kappa shape index (κ2) is 20.6. The number of fused-ring (bicyclic) bond motifs is 6. The molecule has 2 aliphatic heterocycles. The Morgan fingerprint density at radius 3 is 1.14 bits per heavy atom. The summed E-state index contributed by atoms with van der Waals surface area (Å²) in [5.74, 6) is 1.66. The minimum absolute atomic E-state index is 0.450. The van der Waals surface area contributed by atoms with Crippen molar-refractivity contribution >= 4 is 0 Å². The quantitative estimate of drug-likeness (QED) is 0.143. The van der Waals surface area contributed by atoms with Crippen LogP contribution in [0.15, 0.2) is 24.3 Å². The largest absolute Gasteiger partial charge is 0.451 e. The van der Waals surface area contributed by atoms with E-state index in [2.05, 4.69) is 37.5 Å². The van der Waals surface area contributed by atoms with Gasteiger partial charge in [0.2, 0.25) is 0 Å². The predicted molar refractivity (Wildman–Crippen MR) is 156 cm³/mol. The van der Waals surface area contributed by atoms with Crippen molar-refractivity contribution in [3.8, 4) is 11.5 Å². The van der Waals surface area contributed by atoms with Crippen LogP contribution in [0.4, 0.5) is 0 Å². The molecule has 0 fully saturated rings. The topological polar surface area (TPSA) is 34.2 Å². The molecule has 214 valence electrons. The number of rotatable bonds is 22. The second-order valence-corrected chi connectivity index (χ2v) is 10.7. The van der Waals surface area contributed by atoms with Crippen LogP contribution in [0.3, 0.4) is 0 Å². The van der Waals surface area contributed by atoms with Crippen molar-refractivity contribution in [3.63, 3.8) is 0 Å². The fourth-order valence-electron chi connectivity index (χ4n) is 5.03. The van der Waals surface area contributed by atoms with Crippen LogP contribution in [0.5, 0.6) is 11.5 Å². The molecule has 2 aliphatic rings. The molecule has 1 aromatic rings. The number of nitrogens with zero attached hydrogens (tertiary/aromatic N) is 2. The highest BCUT2D eigenvalue weighted by Crippen LogP contribution is 2.26. The monoisotopic (exact) mass is 518 g/mol. The molecule has 3 rings (SSSR count). The Labute approximate surface area is 229 Å². The summed E-state index contributed by atoms with van der Waals surface area (Å²) in [4.78, 5) is 4.63.